The van der Waals surface area contributed by atoms with Crippen LogP contribution in [-0.2, 0) is 24.0 Å². The van der Waals surface area contributed by atoms with Gasteiger partial charge in [0.1, 0.15) is 0 Å². The van der Waals surface area contributed by atoms with E-state index in [4.69, 9.17) is 14.4 Å². The van der Waals surface area contributed by atoms with Gasteiger partial charge in [0.25, 0.3) is 0 Å². The smallest absolute Gasteiger partial charge is 0.344 e. The van der Waals surface area contributed by atoms with Gasteiger partial charge in [-0.2, -0.15) is 42.8 Å². The Morgan fingerprint density at radius 1 is 1.29 bits per heavy atom. The van der Waals surface area contributed by atoms with Crippen molar-refractivity contribution >= 4 is 8.25 Å². The predicted octanol–water partition coefficient (Wildman–Crippen LogP) is 2.34. The van der Waals surface area contributed by atoms with E-state index in [9.17, 15) is 0 Å². The summed E-state index contributed by atoms with van der Waals surface area (Å²) < 4.78 is 8.70. The van der Waals surface area contributed by atoms with Crippen LogP contribution in [0.3, 0.4) is 0 Å². The van der Waals surface area contributed by atoms with E-state index in [1.54, 1.807) is 0 Å². The van der Waals surface area contributed by atoms with Gasteiger partial charge in [-0.3, -0.25) is 0 Å². The van der Waals surface area contributed by atoms with E-state index >= 15 is 0 Å². The molecule has 0 aromatic heterocycles. The topological polar surface area (TPSA) is 57.5 Å². The molecule has 1 aromatic carbocycles. The van der Waals surface area contributed by atoms with E-state index < -0.39 is 8.25 Å². The molecular formula is C9H14O3PZn+. The average molecular weight is 267 g/mol. The van der Waals surface area contributed by atoms with E-state index in [0.29, 0.717) is 0 Å². The maximum Gasteiger partial charge on any atom is 2.00 e. The van der Waals surface area contributed by atoms with Crippen molar-refractivity contribution in [1.82, 2.24) is 0 Å². The standard InChI is InChI=1S/C6H5.C3H7.HO3P.Zn/c1-2-4-6-5-3-1;1-3-2;1-4(2)3;/h1-5H;1,3H2,2H3;(H-,1,2,3);/q2*-1;;+2/p+1. The molecule has 2 N–H and O–H groups in total. The minimum absolute atomic E-state index is 0. The van der Waals surface area contributed by atoms with Crippen LogP contribution in [0.4, 0.5) is 0 Å². The normalized spacial score (nSPS) is 6.57. The largest absolute Gasteiger partial charge is 2.00 e. The van der Waals surface area contributed by atoms with Gasteiger partial charge in [-0.1, -0.05) is 6.92 Å². The van der Waals surface area contributed by atoms with Gasteiger partial charge in [-0.05, 0) is 0 Å². The SMILES string of the molecule is O=[P+](O)O.[CH2-]CC.[Zn+2].[c-]1ccccc1. The summed E-state index contributed by atoms with van der Waals surface area (Å²) in [6, 6.07) is 12.5. The molecule has 0 heterocycles. The van der Waals surface area contributed by atoms with Gasteiger partial charge in [0.2, 0.25) is 0 Å². The van der Waals surface area contributed by atoms with Crippen molar-refractivity contribution in [2.45, 2.75) is 13.3 Å². The fraction of sp³-hybridized carbons (Fsp3) is 0.222. The Labute approximate surface area is 98.9 Å². The van der Waals surface area contributed by atoms with E-state index in [1.165, 1.54) is 0 Å². The third-order valence-corrected chi connectivity index (χ3v) is 0.607. The van der Waals surface area contributed by atoms with Crippen molar-refractivity contribution in [3.05, 3.63) is 43.3 Å². The van der Waals surface area contributed by atoms with Crippen LogP contribution in [0.1, 0.15) is 13.3 Å². The zero-order valence-electron chi connectivity index (χ0n) is 8.26. The molecule has 1 aromatic rings. The van der Waals surface area contributed by atoms with Crippen molar-refractivity contribution < 1.29 is 33.8 Å². The summed E-state index contributed by atoms with van der Waals surface area (Å²) in [6.07, 6.45) is 1.00. The Bertz CT molecular complexity index is 164. The molecule has 74 valence electrons. The molecule has 0 saturated heterocycles. The number of hydrogen-bond acceptors (Lipinski definition) is 1. The van der Waals surface area contributed by atoms with Gasteiger partial charge in [-0.25, -0.2) is 0 Å². The quantitative estimate of drug-likeness (QED) is 0.430. The van der Waals surface area contributed by atoms with Crippen LogP contribution in [0.15, 0.2) is 30.3 Å². The molecule has 0 radical (unpaired) electrons. The van der Waals surface area contributed by atoms with Gasteiger partial charge < -0.3 is 6.92 Å². The van der Waals surface area contributed by atoms with Crippen LogP contribution in [0.25, 0.3) is 0 Å². The Morgan fingerprint density at radius 2 is 1.57 bits per heavy atom. The van der Waals surface area contributed by atoms with E-state index in [2.05, 4.69) is 13.0 Å². The zero-order valence-corrected chi connectivity index (χ0v) is 12.1. The fourth-order valence-corrected chi connectivity index (χ4v) is 0.342. The molecule has 0 fully saturated rings. The fourth-order valence-electron chi connectivity index (χ4n) is 0.342. The predicted molar refractivity (Wildman–Crippen MR) is 53.0 cm³/mol. The second-order valence-corrected chi connectivity index (χ2v) is 2.34. The van der Waals surface area contributed by atoms with Gasteiger partial charge in [0.15, 0.2) is 0 Å². The molecule has 0 saturated carbocycles. The molecule has 14 heavy (non-hydrogen) atoms. The Hall–Kier alpha value is -0.137. The summed E-state index contributed by atoms with van der Waals surface area (Å²) in [5.74, 6) is 0. The Balaban J connectivity index is -0.000000135. The van der Waals surface area contributed by atoms with Crippen molar-refractivity contribution in [2.75, 3.05) is 0 Å². The second kappa shape index (κ2) is 18.6. The van der Waals surface area contributed by atoms with Gasteiger partial charge in [0, 0.05) is 4.57 Å². The number of rotatable bonds is 0. The minimum Gasteiger partial charge on any atom is -0.344 e. The zero-order chi connectivity index (χ0) is 10.5. The van der Waals surface area contributed by atoms with E-state index in [1.807, 2.05) is 37.3 Å². The van der Waals surface area contributed by atoms with Crippen molar-refractivity contribution in [3.63, 3.8) is 0 Å². The first-order valence-corrected chi connectivity index (χ1v) is 4.87. The average Bonchev–Trinajstić information content (AvgIpc) is 2.08. The molecule has 0 bridgehead atoms. The van der Waals surface area contributed by atoms with Crippen LogP contribution < -0.4 is 0 Å². The molecule has 3 nitrogen and oxygen atoms in total. The summed E-state index contributed by atoms with van der Waals surface area (Å²) in [4.78, 5) is 14.2. The molecule has 0 amide bonds. The summed E-state index contributed by atoms with van der Waals surface area (Å²) in [5, 5.41) is 0. The third kappa shape index (κ3) is 40.7. The molecule has 0 spiro atoms. The van der Waals surface area contributed by atoms with Gasteiger partial charge in [0.05, 0.1) is 0 Å². The first-order chi connectivity index (χ1) is 6.15. The maximum absolute atomic E-state index is 8.70. The van der Waals surface area contributed by atoms with Gasteiger partial charge in [-0.15, -0.1) is 9.79 Å². The van der Waals surface area contributed by atoms with Crippen LogP contribution in [-0.4, -0.2) is 9.79 Å². The maximum atomic E-state index is 8.70. The molecule has 0 aliphatic carbocycles. The first kappa shape index (κ1) is 19.4. The minimum atomic E-state index is -2.87. The Morgan fingerprint density at radius 3 is 1.64 bits per heavy atom. The molecule has 1 rings (SSSR count). The van der Waals surface area contributed by atoms with Crippen LogP contribution in [0.2, 0.25) is 0 Å². The van der Waals surface area contributed by atoms with Crippen LogP contribution in [0.5, 0.6) is 0 Å². The van der Waals surface area contributed by atoms with Crippen LogP contribution in [0, 0.1) is 13.0 Å². The van der Waals surface area contributed by atoms with Crippen molar-refractivity contribution in [3.8, 4) is 0 Å². The third-order valence-electron chi connectivity index (χ3n) is 0.607. The molecule has 0 aliphatic heterocycles. The molecule has 0 unspecified atom stereocenters. The second-order valence-electron chi connectivity index (χ2n) is 1.83. The van der Waals surface area contributed by atoms with Crippen LogP contribution >= 0.6 is 8.25 Å². The van der Waals surface area contributed by atoms with Crippen molar-refractivity contribution in [2.24, 2.45) is 0 Å². The van der Waals surface area contributed by atoms with Gasteiger partial charge >= 0.3 is 27.7 Å². The molecular weight excluding hydrogens is 252 g/mol. The van der Waals surface area contributed by atoms with Crippen molar-refractivity contribution in [1.29, 1.82) is 0 Å². The molecule has 0 atom stereocenters. The molecule has 5 heteroatoms. The first-order valence-electron chi connectivity index (χ1n) is 3.70. The summed E-state index contributed by atoms with van der Waals surface area (Å²) in [6.45, 7) is 5.50. The Kier molecular flexibility index (Phi) is 25.8. The number of benzene rings is 1. The summed E-state index contributed by atoms with van der Waals surface area (Å²) in [5.41, 5.74) is 0. The van der Waals surface area contributed by atoms with E-state index in [-0.39, 0.29) is 19.5 Å². The van der Waals surface area contributed by atoms with E-state index in [0.717, 1.165) is 6.42 Å². The molecule has 0 aliphatic rings. The summed E-state index contributed by atoms with van der Waals surface area (Å²) in [7, 11) is -2.87. The number of hydrogen-bond donors (Lipinski definition) is 2. The summed E-state index contributed by atoms with van der Waals surface area (Å²) >= 11 is 0. The monoisotopic (exact) mass is 265 g/mol.